The summed E-state index contributed by atoms with van der Waals surface area (Å²) >= 11 is 0. The third kappa shape index (κ3) is 3.42. The zero-order valence-corrected chi connectivity index (χ0v) is 17.1. The van der Waals surface area contributed by atoms with Gasteiger partial charge in [0.25, 0.3) is 0 Å². The average Bonchev–Trinajstić information content (AvgIpc) is 3.22. The van der Waals surface area contributed by atoms with Gasteiger partial charge in [0.05, 0.1) is 28.3 Å². The van der Waals surface area contributed by atoms with Gasteiger partial charge in [-0.1, -0.05) is 12.1 Å². The highest BCUT2D eigenvalue weighted by atomic mass is 32.2. The highest BCUT2D eigenvalue weighted by Gasteiger charge is 2.28. The molecule has 0 radical (unpaired) electrons. The Morgan fingerprint density at radius 3 is 2.55 bits per heavy atom. The predicted molar refractivity (Wildman–Crippen MR) is 115 cm³/mol. The van der Waals surface area contributed by atoms with E-state index in [0.29, 0.717) is 36.6 Å². The molecular weight excluding hydrogens is 393 g/mol. The number of aryl methyl sites for hydroxylation is 1. The summed E-state index contributed by atoms with van der Waals surface area (Å²) in [6, 6.07) is 13.0. The van der Waals surface area contributed by atoms with Crippen molar-refractivity contribution in [1.82, 2.24) is 4.57 Å². The monoisotopic (exact) mass is 417 g/mol. The lowest BCUT2D eigenvalue weighted by molar-refractivity contribution is 0.273. The lowest BCUT2D eigenvalue weighted by Gasteiger charge is -2.17. The van der Waals surface area contributed by atoms with Gasteiger partial charge in [-0.15, -0.1) is 0 Å². The van der Waals surface area contributed by atoms with Gasteiger partial charge in [0.1, 0.15) is 19.0 Å². The van der Waals surface area contributed by atoms with E-state index >= 15 is 0 Å². The first-order chi connectivity index (χ1) is 14.0. The van der Waals surface area contributed by atoms with E-state index in [1.807, 2.05) is 43.3 Å². The van der Waals surface area contributed by atoms with E-state index in [9.17, 15) is 12.8 Å². The molecule has 2 N–H and O–H groups in total. The maximum Gasteiger partial charge on any atom is 0.235 e. The number of hydrogen-bond donors (Lipinski definition) is 1. The Morgan fingerprint density at radius 2 is 1.93 bits per heavy atom. The number of aromatic nitrogens is 1. The van der Waals surface area contributed by atoms with E-state index in [1.165, 1.54) is 4.31 Å². The van der Waals surface area contributed by atoms with Gasteiger partial charge in [0.2, 0.25) is 10.0 Å². The minimum Gasteiger partial charge on any atom is -0.491 e. The molecule has 3 aromatic rings. The molecule has 2 heterocycles. The number of nitrogens with two attached hydrogens (primary N) is 1. The van der Waals surface area contributed by atoms with Crippen LogP contribution in [0, 0.1) is 0 Å². The molecule has 0 atom stereocenters. The predicted octanol–water partition coefficient (Wildman–Crippen LogP) is 3.80. The van der Waals surface area contributed by atoms with Gasteiger partial charge >= 0.3 is 0 Å². The van der Waals surface area contributed by atoms with Crippen LogP contribution in [0.5, 0.6) is 5.75 Å². The van der Waals surface area contributed by atoms with Crippen LogP contribution in [0.2, 0.25) is 0 Å². The van der Waals surface area contributed by atoms with Crippen LogP contribution >= 0.6 is 0 Å². The number of nitrogens with zero attached hydrogens (tertiary/aromatic N) is 2. The molecule has 154 valence electrons. The van der Waals surface area contributed by atoms with Crippen molar-refractivity contribution in [2.45, 2.75) is 19.9 Å². The number of halogens is 1. The van der Waals surface area contributed by atoms with Crippen molar-refractivity contribution in [3.63, 3.8) is 0 Å². The van der Waals surface area contributed by atoms with Gasteiger partial charge in [-0.2, -0.15) is 0 Å². The van der Waals surface area contributed by atoms with E-state index < -0.39 is 16.7 Å². The molecule has 1 aliphatic rings. The molecule has 1 aromatic heterocycles. The maximum absolute atomic E-state index is 12.4. The number of anilines is 2. The SMILES string of the molecule is CCn1c(-c2ccc(N3CCCS3(=O)=O)cc2)c(N)c2ccc(OCCF)cc21. The van der Waals surface area contributed by atoms with Gasteiger partial charge in [-0.25, -0.2) is 12.8 Å². The summed E-state index contributed by atoms with van der Waals surface area (Å²) < 4.78 is 45.7. The maximum atomic E-state index is 12.4. The Kier molecular flexibility index (Phi) is 5.12. The van der Waals surface area contributed by atoms with Crippen LogP contribution in [0.3, 0.4) is 0 Å². The fraction of sp³-hybridized carbons (Fsp3) is 0.333. The highest BCUT2D eigenvalue weighted by Crippen LogP contribution is 2.38. The molecule has 0 spiro atoms. The molecule has 2 aromatic carbocycles. The standard InChI is InChI=1S/C21H24FN3O3S/c1-2-24-19-14-17(28-12-10-22)8-9-18(19)20(23)21(24)15-4-6-16(7-5-15)25-11-3-13-29(25,26)27/h4-9,14H,2-3,10-13,23H2,1H3. The van der Waals surface area contributed by atoms with Crippen molar-refractivity contribution >= 4 is 32.3 Å². The second-order valence-corrected chi connectivity index (χ2v) is 9.02. The van der Waals surface area contributed by atoms with Crippen LogP contribution in [0.1, 0.15) is 13.3 Å². The second-order valence-electron chi connectivity index (χ2n) is 7.01. The zero-order valence-electron chi connectivity index (χ0n) is 16.3. The summed E-state index contributed by atoms with van der Waals surface area (Å²) in [6.07, 6.45) is 0.647. The number of sulfonamides is 1. The molecular formula is C21H24FN3O3S. The molecule has 0 aliphatic carbocycles. The van der Waals surface area contributed by atoms with E-state index in [4.69, 9.17) is 10.5 Å². The Hall–Kier alpha value is -2.74. The molecule has 1 fully saturated rings. The van der Waals surface area contributed by atoms with Crippen LogP contribution in [0.4, 0.5) is 15.8 Å². The Labute approximate surface area is 169 Å². The van der Waals surface area contributed by atoms with Crippen LogP contribution in [0.15, 0.2) is 42.5 Å². The van der Waals surface area contributed by atoms with Crippen molar-refractivity contribution in [2.75, 3.05) is 35.6 Å². The molecule has 4 rings (SSSR count). The van der Waals surface area contributed by atoms with E-state index in [1.54, 1.807) is 6.07 Å². The number of alkyl halides is 1. The smallest absolute Gasteiger partial charge is 0.235 e. The summed E-state index contributed by atoms with van der Waals surface area (Å²) in [6.45, 7) is 2.71. The van der Waals surface area contributed by atoms with Gasteiger partial charge in [0, 0.05) is 30.1 Å². The van der Waals surface area contributed by atoms with Crippen LogP contribution in [-0.2, 0) is 16.6 Å². The fourth-order valence-electron chi connectivity index (χ4n) is 3.96. The number of ether oxygens (including phenoxy) is 1. The molecule has 1 saturated heterocycles. The van der Waals surface area contributed by atoms with Crippen molar-refractivity contribution < 1.29 is 17.5 Å². The minimum absolute atomic E-state index is 0.0154. The van der Waals surface area contributed by atoms with Crippen molar-refractivity contribution in [3.8, 4) is 17.0 Å². The second kappa shape index (κ2) is 7.59. The number of hydrogen-bond acceptors (Lipinski definition) is 4. The average molecular weight is 418 g/mol. The third-order valence-corrected chi connectivity index (χ3v) is 7.13. The molecule has 8 heteroatoms. The highest BCUT2D eigenvalue weighted by molar-refractivity contribution is 7.93. The topological polar surface area (TPSA) is 77.6 Å². The van der Waals surface area contributed by atoms with Gasteiger partial charge < -0.3 is 15.0 Å². The van der Waals surface area contributed by atoms with Gasteiger partial charge in [-0.05, 0) is 37.6 Å². The summed E-state index contributed by atoms with van der Waals surface area (Å²) in [7, 11) is -3.21. The summed E-state index contributed by atoms with van der Waals surface area (Å²) in [5.74, 6) is 0.793. The summed E-state index contributed by atoms with van der Waals surface area (Å²) in [5, 5.41) is 0.903. The molecule has 0 amide bonds. The summed E-state index contributed by atoms with van der Waals surface area (Å²) in [4.78, 5) is 0. The van der Waals surface area contributed by atoms with E-state index in [-0.39, 0.29) is 12.4 Å². The van der Waals surface area contributed by atoms with Crippen LogP contribution in [0.25, 0.3) is 22.2 Å². The largest absolute Gasteiger partial charge is 0.491 e. The van der Waals surface area contributed by atoms with Gasteiger partial charge in [0.15, 0.2) is 0 Å². The van der Waals surface area contributed by atoms with Crippen molar-refractivity contribution in [3.05, 3.63) is 42.5 Å². The minimum atomic E-state index is -3.21. The number of rotatable bonds is 6. The Bertz CT molecular complexity index is 1140. The van der Waals surface area contributed by atoms with E-state index in [0.717, 1.165) is 22.2 Å². The fourth-order valence-corrected chi connectivity index (χ4v) is 5.52. The van der Waals surface area contributed by atoms with Crippen molar-refractivity contribution in [1.29, 1.82) is 0 Å². The van der Waals surface area contributed by atoms with E-state index in [2.05, 4.69) is 4.57 Å². The lowest BCUT2D eigenvalue weighted by atomic mass is 10.1. The molecule has 0 bridgehead atoms. The molecule has 6 nitrogen and oxygen atoms in total. The quantitative estimate of drug-likeness (QED) is 0.662. The Morgan fingerprint density at radius 1 is 1.17 bits per heavy atom. The first kappa shape index (κ1) is 19.6. The normalized spacial score (nSPS) is 15.9. The number of fused-ring (bicyclic) bond motifs is 1. The number of nitrogen functional groups attached to an aromatic ring is 1. The molecule has 29 heavy (non-hydrogen) atoms. The first-order valence-corrected chi connectivity index (χ1v) is 11.3. The molecule has 1 aliphatic heterocycles. The van der Waals surface area contributed by atoms with Crippen LogP contribution in [-0.4, -0.2) is 38.6 Å². The Balaban J connectivity index is 1.76. The summed E-state index contributed by atoms with van der Waals surface area (Å²) in [5.41, 5.74) is 10.5. The molecule has 0 saturated carbocycles. The van der Waals surface area contributed by atoms with Crippen molar-refractivity contribution in [2.24, 2.45) is 0 Å². The van der Waals surface area contributed by atoms with Crippen LogP contribution < -0.4 is 14.8 Å². The third-order valence-electron chi connectivity index (χ3n) is 5.27. The zero-order chi connectivity index (χ0) is 20.6. The number of benzene rings is 2. The lowest BCUT2D eigenvalue weighted by Crippen LogP contribution is -2.24. The van der Waals surface area contributed by atoms with Gasteiger partial charge in [-0.3, -0.25) is 4.31 Å². The molecule has 0 unspecified atom stereocenters. The first-order valence-electron chi connectivity index (χ1n) is 9.67.